The summed E-state index contributed by atoms with van der Waals surface area (Å²) in [6.45, 7) is 1.44. The molecule has 152 valence electrons. The summed E-state index contributed by atoms with van der Waals surface area (Å²) in [5, 5.41) is 3.02. The van der Waals surface area contributed by atoms with Gasteiger partial charge < -0.3 is 24.4 Å². The second kappa shape index (κ2) is 8.99. The van der Waals surface area contributed by atoms with Gasteiger partial charge in [-0.05, 0) is 49.5 Å². The summed E-state index contributed by atoms with van der Waals surface area (Å²) in [4.78, 5) is 26.3. The van der Waals surface area contributed by atoms with Gasteiger partial charge in [-0.15, -0.1) is 0 Å². The third-order valence-electron chi connectivity index (χ3n) is 5.19. The summed E-state index contributed by atoms with van der Waals surface area (Å²) in [7, 11) is 4.66. The van der Waals surface area contributed by atoms with Gasteiger partial charge in [-0.1, -0.05) is 0 Å². The highest BCUT2D eigenvalue weighted by atomic mass is 16.5. The summed E-state index contributed by atoms with van der Waals surface area (Å²) < 4.78 is 16.0. The molecule has 2 fully saturated rings. The van der Waals surface area contributed by atoms with E-state index in [0.717, 1.165) is 44.3 Å². The van der Waals surface area contributed by atoms with Crippen LogP contribution in [0.4, 0.5) is 0 Å². The molecule has 1 aliphatic carbocycles. The monoisotopic (exact) mass is 388 g/mol. The van der Waals surface area contributed by atoms with Gasteiger partial charge in [-0.25, -0.2) is 0 Å². The quantitative estimate of drug-likeness (QED) is 0.725. The Bertz CT molecular complexity index is 724. The smallest absolute Gasteiger partial charge is 0.244 e. The number of benzene rings is 1. The summed E-state index contributed by atoms with van der Waals surface area (Å²) in [5.74, 6) is 1.98. The van der Waals surface area contributed by atoms with Crippen molar-refractivity contribution in [3.63, 3.8) is 0 Å². The molecule has 1 saturated heterocycles. The number of carbonyl (C=O) groups excluding carboxylic acids is 2. The van der Waals surface area contributed by atoms with E-state index in [4.69, 9.17) is 14.2 Å². The lowest BCUT2D eigenvalue weighted by molar-refractivity contribution is -0.133. The van der Waals surface area contributed by atoms with Crippen molar-refractivity contribution >= 4 is 17.9 Å². The Kier molecular flexibility index (Phi) is 6.44. The molecule has 0 unspecified atom stereocenters. The molecule has 28 heavy (non-hydrogen) atoms. The molecular formula is C21H28N2O5. The van der Waals surface area contributed by atoms with Crippen molar-refractivity contribution in [2.45, 2.75) is 31.7 Å². The Morgan fingerprint density at radius 1 is 1.00 bits per heavy atom. The molecule has 1 heterocycles. The Morgan fingerprint density at radius 2 is 1.61 bits per heavy atom. The van der Waals surface area contributed by atoms with Gasteiger partial charge in [0.05, 0.1) is 21.3 Å². The Labute approximate surface area is 165 Å². The maximum Gasteiger partial charge on any atom is 0.244 e. The van der Waals surface area contributed by atoms with E-state index in [2.05, 4.69) is 5.32 Å². The molecule has 7 heteroatoms. The molecule has 0 radical (unpaired) electrons. The van der Waals surface area contributed by atoms with Gasteiger partial charge in [0.15, 0.2) is 11.5 Å². The fourth-order valence-corrected chi connectivity index (χ4v) is 3.45. The van der Waals surface area contributed by atoms with Crippen LogP contribution >= 0.6 is 0 Å². The van der Waals surface area contributed by atoms with Crippen molar-refractivity contribution in [1.82, 2.24) is 10.2 Å². The number of rotatable bonds is 7. The van der Waals surface area contributed by atoms with Crippen LogP contribution in [0.5, 0.6) is 17.2 Å². The number of nitrogens with zero attached hydrogens (tertiary/aromatic N) is 1. The third-order valence-corrected chi connectivity index (χ3v) is 5.19. The predicted octanol–water partition coefficient (Wildman–Crippen LogP) is 2.24. The van der Waals surface area contributed by atoms with Crippen LogP contribution in [0.2, 0.25) is 0 Å². The normalized spacial score (nSPS) is 17.5. The Morgan fingerprint density at radius 3 is 2.11 bits per heavy atom. The largest absolute Gasteiger partial charge is 0.493 e. The first-order chi connectivity index (χ1) is 13.5. The van der Waals surface area contributed by atoms with Gasteiger partial charge >= 0.3 is 0 Å². The van der Waals surface area contributed by atoms with E-state index in [0.29, 0.717) is 17.2 Å². The van der Waals surface area contributed by atoms with Crippen molar-refractivity contribution in [2.75, 3.05) is 34.4 Å². The number of ether oxygens (including phenoxy) is 3. The molecular weight excluding hydrogens is 360 g/mol. The highest BCUT2D eigenvalue weighted by Gasteiger charge is 2.34. The number of hydrogen-bond donors (Lipinski definition) is 1. The van der Waals surface area contributed by atoms with E-state index in [1.165, 1.54) is 6.08 Å². The predicted molar refractivity (Wildman–Crippen MR) is 106 cm³/mol. The lowest BCUT2D eigenvalue weighted by atomic mass is 10.0. The Hall–Kier alpha value is -2.70. The van der Waals surface area contributed by atoms with E-state index in [-0.39, 0.29) is 23.8 Å². The molecule has 1 aromatic carbocycles. The maximum absolute atomic E-state index is 12.3. The first kappa shape index (κ1) is 20.0. The molecule has 1 N–H and O–H groups in total. The van der Waals surface area contributed by atoms with Gasteiger partial charge in [0.2, 0.25) is 17.6 Å². The van der Waals surface area contributed by atoms with E-state index in [9.17, 15) is 9.59 Å². The number of carbonyl (C=O) groups is 2. The number of piperidine rings is 1. The first-order valence-corrected chi connectivity index (χ1v) is 9.63. The van der Waals surface area contributed by atoms with Crippen LogP contribution in [0.25, 0.3) is 6.08 Å². The van der Waals surface area contributed by atoms with Gasteiger partial charge in [-0.2, -0.15) is 0 Å². The van der Waals surface area contributed by atoms with Crippen molar-refractivity contribution < 1.29 is 23.8 Å². The van der Waals surface area contributed by atoms with E-state index in [1.54, 1.807) is 39.5 Å². The van der Waals surface area contributed by atoms with E-state index >= 15 is 0 Å². The van der Waals surface area contributed by atoms with Crippen LogP contribution in [0, 0.1) is 5.92 Å². The molecule has 1 aliphatic heterocycles. The molecule has 0 bridgehead atoms. The first-order valence-electron chi connectivity index (χ1n) is 9.63. The minimum Gasteiger partial charge on any atom is -0.493 e. The second-order valence-electron chi connectivity index (χ2n) is 7.17. The zero-order chi connectivity index (χ0) is 20.1. The maximum atomic E-state index is 12.3. The van der Waals surface area contributed by atoms with Crippen molar-refractivity contribution in [3.05, 3.63) is 23.8 Å². The summed E-state index contributed by atoms with van der Waals surface area (Å²) in [6.07, 6.45) is 6.86. The van der Waals surface area contributed by atoms with Crippen LogP contribution < -0.4 is 19.5 Å². The number of methoxy groups -OCH3 is 3. The van der Waals surface area contributed by atoms with Crippen molar-refractivity contribution in [2.24, 2.45) is 5.92 Å². The fourth-order valence-electron chi connectivity index (χ4n) is 3.45. The third kappa shape index (κ3) is 4.77. The molecule has 3 rings (SSSR count). The van der Waals surface area contributed by atoms with Crippen LogP contribution in [-0.2, 0) is 9.59 Å². The highest BCUT2D eigenvalue weighted by Crippen LogP contribution is 2.38. The average molecular weight is 388 g/mol. The zero-order valence-corrected chi connectivity index (χ0v) is 16.7. The highest BCUT2D eigenvalue weighted by molar-refractivity contribution is 5.92. The Balaban J connectivity index is 1.55. The van der Waals surface area contributed by atoms with E-state index in [1.807, 2.05) is 4.90 Å². The van der Waals surface area contributed by atoms with Crippen LogP contribution in [-0.4, -0.2) is 57.2 Å². The number of amides is 2. The van der Waals surface area contributed by atoms with Crippen LogP contribution in [0.3, 0.4) is 0 Å². The molecule has 2 amide bonds. The molecule has 0 spiro atoms. The molecule has 1 saturated carbocycles. The van der Waals surface area contributed by atoms with Gasteiger partial charge in [0.25, 0.3) is 0 Å². The lowest BCUT2D eigenvalue weighted by Crippen LogP contribution is -2.46. The van der Waals surface area contributed by atoms with Crippen LogP contribution in [0.1, 0.15) is 31.2 Å². The molecule has 0 atom stereocenters. The zero-order valence-electron chi connectivity index (χ0n) is 16.7. The lowest BCUT2D eigenvalue weighted by Gasteiger charge is -2.32. The van der Waals surface area contributed by atoms with Gasteiger partial charge in [0, 0.05) is 31.1 Å². The summed E-state index contributed by atoms with van der Waals surface area (Å²) in [6, 6.07) is 3.67. The second-order valence-corrected chi connectivity index (χ2v) is 7.17. The molecule has 2 aliphatic rings. The molecule has 0 aromatic heterocycles. The summed E-state index contributed by atoms with van der Waals surface area (Å²) in [5.41, 5.74) is 0.773. The average Bonchev–Trinajstić information content (AvgIpc) is 3.56. The van der Waals surface area contributed by atoms with Gasteiger partial charge in [0.1, 0.15) is 0 Å². The van der Waals surface area contributed by atoms with Crippen molar-refractivity contribution in [1.29, 1.82) is 0 Å². The summed E-state index contributed by atoms with van der Waals surface area (Å²) >= 11 is 0. The SMILES string of the molecule is COc1cc(C=CC(=O)NC2CCN(C(=O)C3CC3)CC2)cc(OC)c1OC. The molecule has 1 aromatic rings. The van der Waals surface area contributed by atoms with Crippen LogP contribution in [0.15, 0.2) is 18.2 Å². The number of likely N-dealkylation sites (tertiary alicyclic amines) is 1. The standard InChI is InChI=1S/C21H28N2O5/c1-26-17-12-14(13-18(27-2)20(17)28-3)4-7-19(24)22-16-8-10-23(11-9-16)21(25)15-5-6-15/h4,7,12-13,15-16H,5-6,8-11H2,1-3H3,(H,22,24). The van der Waals surface area contributed by atoms with E-state index < -0.39 is 0 Å². The number of hydrogen-bond acceptors (Lipinski definition) is 5. The van der Waals surface area contributed by atoms with Crippen molar-refractivity contribution in [3.8, 4) is 17.2 Å². The van der Waals surface area contributed by atoms with Gasteiger partial charge in [-0.3, -0.25) is 9.59 Å². The minimum absolute atomic E-state index is 0.0975. The number of nitrogens with one attached hydrogen (secondary N) is 1. The molecule has 7 nitrogen and oxygen atoms in total. The fraction of sp³-hybridized carbons (Fsp3) is 0.524. The minimum atomic E-state index is -0.152. The topological polar surface area (TPSA) is 77.1 Å².